The molecule has 1 aliphatic heterocycles. The van der Waals surface area contributed by atoms with Gasteiger partial charge in [-0.25, -0.2) is 8.42 Å². The number of benzene rings is 2. The quantitative estimate of drug-likeness (QED) is 0.915. The summed E-state index contributed by atoms with van der Waals surface area (Å²) < 4.78 is 27.5. The monoisotopic (exact) mass is 353 g/mol. The highest BCUT2D eigenvalue weighted by Gasteiger charge is 2.22. The first-order valence-corrected chi connectivity index (χ1v) is 9.16. The first kappa shape index (κ1) is 15.4. The number of nitrogens with one attached hydrogen (secondary N) is 1. The maximum Gasteiger partial charge on any atom is 0.262 e. The molecule has 22 heavy (non-hydrogen) atoms. The number of halogens is 1. The molecule has 2 aromatic carbocycles. The Labute approximate surface area is 137 Å². The van der Waals surface area contributed by atoms with Crippen molar-refractivity contribution in [1.82, 2.24) is 0 Å². The van der Waals surface area contributed by atoms with Crippen LogP contribution in [0.5, 0.6) is 0 Å². The largest absolute Gasteiger partial charge is 0.286 e. The van der Waals surface area contributed by atoms with E-state index in [0.717, 1.165) is 22.2 Å². The third-order valence-corrected chi connectivity index (χ3v) is 6.29. The molecule has 7 heteroatoms. The van der Waals surface area contributed by atoms with Crippen LogP contribution in [0.4, 0.5) is 5.69 Å². The van der Waals surface area contributed by atoms with Crippen LogP contribution < -0.4 is 4.72 Å². The van der Waals surface area contributed by atoms with Gasteiger partial charge in [0.25, 0.3) is 10.0 Å². The second kappa shape index (κ2) is 5.61. The Balaban J connectivity index is 1.94. The molecule has 0 amide bonds. The Bertz CT molecular complexity index is 878. The third kappa shape index (κ3) is 2.86. The lowest BCUT2D eigenvalue weighted by molar-refractivity contribution is -0.110. The number of fused-ring (bicyclic) bond motifs is 1. The predicted octanol–water partition coefficient (Wildman–Crippen LogP) is 3.62. The second-order valence-electron chi connectivity index (χ2n) is 4.94. The second-order valence-corrected chi connectivity index (χ2v) is 8.10. The number of carbonyl (C=O) groups excluding carboxylic acids is 1. The zero-order valence-electron chi connectivity index (χ0n) is 11.6. The third-order valence-electron chi connectivity index (χ3n) is 3.39. The Morgan fingerprint density at radius 2 is 2.00 bits per heavy atom. The summed E-state index contributed by atoms with van der Waals surface area (Å²) in [5, 5.41) is 0.471. The standard InChI is InChI=1S/C15H12ClNO3S2/c1-9-12(16)3-2-4-14(9)22(19,20)17-11-6-5-10-7-15(18)21-13(10)8-11/h2-6,8,17H,7H2,1H3. The van der Waals surface area contributed by atoms with Crippen molar-refractivity contribution < 1.29 is 13.2 Å². The fourth-order valence-electron chi connectivity index (χ4n) is 2.26. The molecule has 0 atom stereocenters. The van der Waals surface area contributed by atoms with Crippen LogP contribution in [0.3, 0.4) is 0 Å². The van der Waals surface area contributed by atoms with E-state index in [0.29, 0.717) is 22.7 Å². The van der Waals surface area contributed by atoms with Crippen molar-refractivity contribution in [3.63, 3.8) is 0 Å². The first-order valence-electron chi connectivity index (χ1n) is 6.48. The Hall–Kier alpha value is -1.50. The van der Waals surface area contributed by atoms with E-state index in [1.807, 2.05) is 0 Å². The van der Waals surface area contributed by atoms with Crippen LogP contribution in [0, 0.1) is 6.92 Å². The van der Waals surface area contributed by atoms with Crippen LogP contribution >= 0.6 is 23.4 Å². The highest BCUT2D eigenvalue weighted by Crippen LogP contribution is 2.35. The molecule has 114 valence electrons. The summed E-state index contributed by atoms with van der Waals surface area (Å²) in [6.07, 6.45) is 0.389. The molecular weight excluding hydrogens is 342 g/mol. The van der Waals surface area contributed by atoms with Gasteiger partial charge in [0.15, 0.2) is 5.12 Å². The van der Waals surface area contributed by atoms with Crippen molar-refractivity contribution in [2.75, 3.05) is 4.72 Å². The van der Waals surface area contributed by atoms with Gasteiger partial charge >= 0.3 is 0 Å². The van der Waals surface area contributed by atoms with E-state index in [9.17, 15) is 13.2 Å². The zero-order valence-corrected chi connectivity index (χ0v) is 14.0. The number of hydrogen-bond acceptors (Lipinski definition) is 4. The van der Waals surface area contributed by atoms with Gasteiger partial charge in [-0.2, -0.15) is 0 Å². The lowest BCUT2D eigenvalue weighted by Gasteiger charge is -2.12. The fourth-order valence-corrected chi connectivity index (χ4v) is 4.74. The predicted molar refractivity (Wildman–Crippen MR) is 88.0 cm³/mol. The summed E-state index contributed by atoms with van der Waals surface area (Å²) in [5.41, 5.74) is 1.86. The molecule has 0 aliphatic carbocycles. The number of rotatable bonds is 3. The van der Waals surface area contributed by atoms with Crippen LogP contribution in [0.2, 0.25) is 5.02 Å². The molecule has 0 spiro atoms. The molecule has 4 nitrogen and oxygen atoms in total. The molecular formula is C15H12ClNO3S2. The molecule has 0 unspecified atom stereocenters. The number of carbonyl (C=O) groups is 1. The zero-order chi connectivity index (χ0) is 15.9. The van der Waals surface area contributed by atoms with Gasteiger partial charge in [0, 0.05) is 22.0 Å². The normalized spacial score (nSPS) is 14.0. The number of thioether (sulfide) groups is 1. The van der Waals surface area contributed by atoms with Crippen LogP contribution in [-0.2, 0) is 21.2 Å². The minimum absolute atomic E-state index is 0.0701. The van der Waals surface area contributed by atoms with Gasteiger partial charge in [-0.3, -0.25) is 9.52 Å². The lowest BCUT2D eigenvalue weighted by atomic mass is 10.1. The van der Waals surface area contributed by atoms with Crippen LogP contribution in [0.25, 0.3) is 0 Å². The highest BCUT2D eigenvalue weighted by atomic mass is 35.5. The smallest absolute Gasteiger partial charge is 0.262 e. The fraction of sp³-hybridized carbons (Fsp3) is 0.133. The van der Waals surface area contributed by atoms with Crippen LogP contribution in [-0.4, -0.2) is 13.5 Å². The molecule has 1 N–H and O–H groups in total. The summed E-state index contributed by atoms with van der Waals surface area (Å²) >= 11 is 7.12. The number of sulfonamides is 1. The molecule has 0 fully saturated rings. The van der Waals surface area contributed by atoms with Gasteiger partial charge in [0.2, 0.25) is 0 Å². The summed E-state index contributed by atoms with van der Waals surface area (Å²) in [4.78, 5) is 12.4. The van der Waals surface area contributed by atoms with Gasteiger partial charge in [-0.1, -0.05) is 35.5 Å². The van der Waals surface area contributed by atoms with E-state index < -0.39 is 10.0 Å². The average Bonchev–Trinajstić information content (AvgIpc) is 2.80. The molecule has 1 aliphatic rings. The molecule has 0 bridgehead atoms. The van der Waals surface area contributed by atoms with E-state index in [-0.39, 0.29) is 10.0 Å². The van der Waals surface area contributed by atoms with Gasteiger partial charge in [0.1, 0.15) is 0 Å². The Morgan fingerprint density at radius 3 is 2.77 bits per heavy atom. The minimum atomic E-state index is -3.73. The molecule has 2 aromatic rings. The highest BCUT2D eigenvalue weighted by molar-refractivity contribution is 8.14. The SMILES string of the molecule is Cc1c(Cl)cccc1S(=O)(=O)Nc1ccc2c(c1)SC(=O)C2. The molecule has 3 rings (SSSR count). The first-order chi connectivity index (χ1) is 10.4. The van der Waals surface area contributed by atoms with Crippen molar-refractivity contribution in [2.24, 2.45) is 0 Å². The van der Waals surface area contributed by atoms with E-state index in [2.05, 4.69) is 4.72 Å². The maximum atomic E-state index is 12.5. The van der Waals surface area contributed by atoms with E-state index in [4.69, 9.17) is 11.6 Å². The van der Waals surface area contributed by atoms with Crippen LogP contribution in [0.15, 0.2) is 46.2 Å². The maximum absolute atomic E-state index is 12.5. The van der Waals surface area contributed by atoms with Crippen molar-refractivity contribution in [1.29, 1.82) is 0 Å². The summed E-state index contributed by atoms with van der Waals surface area (Å²) in [6, 6.07) is 9.87. The van der Waals surface area contributed by atoms with Gasteiger partial charge in [-0.05, 0) is 42.3 Å². The van der Waals surface area contributed by atoms with Crippen LogP contribution in [0.1, 0.15) is 11.1 Å². The molecule has 1 heterocycles. The topological polar surface area (TPSA) is 63.2 Å². The van der Waals surface area contributed by atoms with Gasteiger partial charge in [-0.15, -0.1) is 0 Å². The molecule has 0 aromatic heterocycles. The van der Waals surface area contributed by atoms with Crippen molar-refractivity contribution >= 4 is 44.2 Å². The van der Waals surface area contributed by atoms with E-state index >= 15 is 0 Å². The van der Waals surface area contributed by atoms with Crippen molar-refractivity contribution in [2.45, 2.75) is 23.1 Å². The summed E-state index contributed by atoms with van der Waals surface area (Å²) in [7, 11) is -3.73. The van der Waals surface area contributed by atoms with Crippen molar-refractivity contribution in [3.05, 3.63) is 52.5 Å². The molecule has 0 saturated heterocycles. The summed E-state index contributed by atoms with van der Waals surface area (Å²) in [5.74, 6) is 0. The van der Waals surface area contributed by atoms with Gasteiger partial charge < -0.3 is 0 Å². The molecule has 0 saturated carbocycles. The van der Waals surface area contributed by atoms with Crippen molar-refractivity contribution in [3.8, 4) is 0 Å². The lowest BCUT2D eigenvalue weighted by Crippen LogP contribution is -2.14. The summed E-state index contributed by atoms with van der Waals surface area (Å²) in [6.45, 7) is 1.66. The number of anilines is 1. The molecule has 0 radical (unpaired) electrons. The van der Waals surface area contributed by atoms with Gasteiger partial charge in [0.05, 0.1) is 4.90 Å². The number of hydrogen-bond donors (Lipinski definition) is 1. The Kier molecular flexibility index (Phi) is 3.92. The minimum Gasteiger partial charge on any atom is -0.286 e. The Morgan fingerprint density at radius 1 is 1.23 bits per heavy atom. The van der Waals surface area contributed by atoms with E-state index in [1.165, 1.54) is 6.07 Å². The average molecular weight is 354 g/mol. The van der Waals surface area contributed by atoms with E-state index in [1.54, 1.807) is 37.3 Å².